The van der Waals surface area contributed by atoms with E-state index in [2.05, 4.69) is 4.90 Å². The van der Waals surface area contributed by atoms with E-state index in [0.29, 0.717) is 6.54 Å². The summed E-state index contributed by atoms with van der Waals surface area (Å²) in [4.78, 5) is 12.4. The number of halogens is 2. The van der Waals surface area contributed by atoms with Crippen molar-refractivity contribution in [2.24, 2.45) is 5.73 Å². The highest BCUT2D eigenvalue weighted by Gasteiger charge is 2.12. The summed E-state index contributed by atoms with van der Waals surface area (Å²) in [6.07, 6.45) is 2.43. The standard InChI is InChI=1S/C6H12N2O.2ClH/c7-6(9)5-8-3-1-2-4-8;;/h1-5H2,(H2,7,9);2*1H. The molecule has 0 aliphatic carbocycles. The fraction of sp³-hybridized carbons (Fsp3) is 0.833. The number of rotatable bonds is 2. The van der Waals surface area contributed by atoms with Gasteiger partial charge in [0.1, 0.15) is 0 Å². The first kappa shape index (κ1) is 13.6. The van der Waals surface area contributed by atoms with Crippen LogP contribution in [0.1, 0.15) is 12.8 Å². The van der Waals surface area contributed by atoms with Crippen molar-refractivity contribution in [3.63, 3.8) is 0 Å². The van der Waals surface area contributed by atoms with Crippen LogP contribution >= 0.6 is 24.8 Å². The maximum Gasteiger partial charge on any atom is 0.231 e. The fourth-order valence-electron chi connectivity index (χ4n) is 1.16. The van der Waals surface area contributed by atoms with Crippen LogP contribution in [0.3, 0.4) is 0 Å². The molecule has 1 fully saturated rings. The molecule has 1 heterocycles. The first-order valence-electron chi connectivity index (χ1n) is 3.30. The number of carbonyl (C=O) groups excluding carboxylic acids is 1. The Labute approximate surface area is 79.1 Å². The van der Waals surface area contributed by atoms with Gasteiger partial charge >= 0.3 is 0 Å². The lowest BCUT2D eigenvalue weighted by Gasteiger charge is -2.09. The molecule has 1 saturated heterocycles. The van der Waals surface area contributed by atoms with E-state index in [4.69, 9.17) is 5.73 Å². The highest BCUT2D eigenvalue weighted by atomic mass is 35.5. The van der Waals surface area contributed by atoms with Crippen LogP contribution in [0.25, 0.3) is 0 Å². The van der Waals surface area contributed by atoms with Crippen LogP contribution in [0.15, 0.2) is 0 Å². The summed E-state index contributed by atoms with van der Waals surface area (Å²) in [6.45, 7) is 2.53. The number of likely N-dealkylation sites (tertiary alicyclic amines) is 1. The molecular weight excluding hydrogens is 187 g/mol. The Bertz CT molecular complexity index is 115. The zero-order chi connectivity index (χ0) is 6.69. The minimum Gasteiger partial charge on any atom is -0.369 e. The maximum absolute atomic E-state index is 10.3. The quantitative estimate of drug-likeness (QED) is 0.703. The summed E-state index contributed by atoms with van der Waals surface area (Å²) < 4.78 is 0. The Morgan fingerprint density at radius 3 is 2.09 bits per heavy atom. The predicted molar refractivity (Wildman–Crippen MR) is 49.4 cm³/mol. The van der Waals surface area contributed by atoms with E-state index in [9.17, 15) is 4.79 Å². The van der Waals surface area contributed by atoms with Gasteiger partial charge in [-0.2, -0.15) is 0 Å². The summed E-state index contributed by atoms with van der Waals surface area (Å²) >= 11 is 0. The summed E-state index contributed by atoms with van der Waals surface area (Å²) in [5.74, 6) is -0.211. The van der Waals surface area contributed by atoms with Gasteiger partial charge in [0, 0.05) is 0 Å². The van der Waals surface area contributed by atoms with Crippen LogP contribution in [0.5, 0.6) is 0 Å². The molecule has 0 bridgehead atoms. The molecule has 0 atom stereocenters. The van der Waals surface area contributed by atoms with Gasteiger partial charge in [0.05, 0.1) is 6.54 Å². The van der Waals surface area contributed by atoms with Gasteiger partial charge < -0.3 is 5.73 Å². The lowest BCUT2D eigenvalue weighted by Crippen LogP contribution is -2.31. The minimum atomic E-state index is -0.211. The number of nitrogens with zero attached hydrogens (tertiary/aromatic N) is 1. The van der Waals surface area contributed by atoms with Crippen molar-refractivity contribution >= 4 is 30.7 Å². The van der Waals surface area contributed by atoms with Crippen LogP contribution in [-0.4, -0.2) is 30.4 Å². The monoisotopic (exact) mass is 200 g/mol. The topological polar surface area (TPSA) is 46.3 Å². The SMILES string of the molecule is Cl.Cl.NC(=O)CN1CCCC1. The molecule has 0 unspecified atom stereocenters. The number of primary amides is 1. The molecular formula is C6H14Cl2N2O. The van der Waals surface area contributed by atoms with E-state index < -0.39 is 0 Å². The van der Waals surface area contributed by atoms with Crippen LogP contribution < -0.4 is 5.73 Å². The smallest absolute Gasteiger partial charge is 0.231 e. The van der Waals surface area contributed by atoms with Gasteiger partial charge in [-0.1, -0.05) is 0 Å². The summed E-state index contributed by atoms with van der Waals surface area (Å²) in [5.41, 5.74) is 4.99. The minimum absolute atomic E-state index is 0. The third-order valence-electron chi connectivity index (χ3n) is 1.58. The largest absolute Gasteiger partial charge is 0.369 e. The average Bonchev–Trinajstić information content (AvgIpc) is 2.15. The molecule has 0 spiro atoms. The number of carbonyl (C=O) groups is 1. The maximum atomic E-state index is 10.3. The Kier molecular flexibility index (Phi) is 8.28. The Morgan fingerprint density at radius 2 is 1.73 bits per heavy atom. The van der Waals surface area contributed by atoms with Crippen molar-refractivity contribution in [3.8, 4) is 0 Å². The number of amides is 1. The second-order valence-electron chi connectivity index (χ2n) is 2.45. The lowest BCUT2D eigenvalue weighted by atomic mass is 10.4. The summed E-state index contributed by atoms with van der Waals surface area (Å²) in [6, 6.07) is 0. The third kappa shape index (κ3) is 5.30. The second kappa shape index (κ2) is 6.70. The number of nitrogens with two attached hydrogens (primary N) is 1. The lowest BCUT2D eigenvalue weighted by molar-refractivity contribution is -0.118. The van der Waals surface area contributed by atoms with Gasteiger partial charge in [-0.05, 0) is 25.9 Å². The zero-order valence-electron chi connectivity index (χ0n) is 6.28. The van der Waals surface area contributed by atoms with Crippen molar-refractivity contribution < 1.29 is 4.79 Å². The van der Waals surface area contributed by atoms with Gasteiger partial charge in [-0.25, -0.2) is 0 Å². The van der Waals surface area contributed by atoms with Crippen LogP contribution in [0.4, 0.5) is 0 Å². The van der Waals surface area contributed by atoms with E-state index in [1.807, 2.05) is 0 Å². The number of hydrogen-bond acceptors (Lipinski definition) is 2. The second-order valence-corrected chi connectivity index (χ2v) is 2.45. The predicted octanol–water partition coefficient (Wildman–Crippen LogP) is 0.411. The molecule has 0 saturated carbocycles. The van der Waals surface area contributed by atoms with Gasteiger partial charge in [0.25, 0.3) is 0 Å². The van der Waals surface area contributed by atoms with E-state index in [-0.39, 0.29) is 30.7 Å². The van der Waals surface area contributed by atoms with E-state index in [1.54, 1.807) is 0 Å². The van der Waals surface area contributed by atoms with Crippen molar-refractivity contribution in [2.75, 3.05) is 19.6 Å². The van der Waals surface area contributed by atoms with Crippen molar-refractivity contribution in [2.45, 2.75) is 12.8 Å². The molecule has 0 aromatic heterocycles. The average molecular weight is 201 g/mol. The van der Waals surface area contributed by atoms with Crippen LogP contribution in [0.2, 0.25) is 0 Å². The molecule has 0 aromatic rings. The van der Waals surface area contributed by atoms with Crippen molar-refractivity contribution in [1.29, 1.82) is 0 Å². The first-order chi connectivity index (χ1) is 4.29. The van der Waals surface area contributed by atoms with Gasteiger partial charge in [-0.15, -0.1) is 24.8 Å². The normalized spacial score (nSPS) is 16.7. The van der Waals surface area contributed by atoms with Gasteiger partial charge in [-0.3, -0.25) is 9.69 Å². The summed E-state index contributed by atoms with van der Waals surface area (Å²) in [7, 11) is 0. The molecule has 0 aromatic carbocycles. The molecule has 11 heavy (non-hydrogen) atoms. The molecule has 0 radical (unpaired) electrons. The molecule has 1 aliphatic heterocycles. The van der Waals surface area contributed by atoms with E-state index >= 15 is 0 Å². The zero-order valence-corrected chi connectivity index (χ0v) is 7.92. The highest BCUT2D eigenvalue weighted by Crippen LogP contribution is 2.05. The molecule has 1 rings (SSSR count). The van der Waals surface area contributed by atoms with Crippen LogP contribution in [0, 0.1) is 0 Å². The van der Waals surface area contributed by atoms with E-state index in [0.717, 1.165) is 13.1 Å². The highest BCUT2D eigenvalue weighted by molar-refractivity contribution is 5.85. The van der Waals surface area contributed by atoms with Crippen molar-refractivity contribution in [1.82, 2.24) is 4.90 Å². The van der Waals surface area contributed by atoms with E-state index in [1.165, 1.54) is 12.8 Å². The fourth-order valence-corrected chi connectivity index (χ4v) is 1.16. The molecule has 5 heteroatoms. The van der Waals surface area contributed by atoms with Gasteiger partial charge in [0.2, 0.25) is 5.91 Å². The molecule has 2 N–H and O–H groups in total. The number of hydrogen-bond donors (Lipinski definition) is 1. The molecule has 1 aliphatic rings. The molecule has 68 valence electrons. The first-order valence-corrected chi connectivity index (χ1v) is 3.30. The van der Waals surface area contributed by atoms with Gasteiger partial charge in [0.15, 0.2) is 0 Å². The third-order valence-corrected chi connectivity index (χ3v) is 1.58. The van der Waals surface area contributed by atoms with Crippen molar-refractivity contribution in [3.05, 3.63) is 0 Å². The molecule has 3 nitrogen and oxygen atoms in total. The molecule has 1 amide bonds. The Balaban J connectivity index is 0. The Hall–Kier alpha value is 0.01000. The summed E-state index contributed by atoms with van der Waals surface area (Å²) in [5, 5.41) is 0. The van der Waals surface area contributed by atoms with Crippen LogP contribution in [-0.2, 0) is 4.79 Å². The Morgan fingerprint density at radius 1 is 1.27 bits per heavy atom.